The highest BCUT2D eigenvalue weighted by Crippen LogP contribution is 2.23. The topological polar surface area (TPSA) is 63.7 Å². The van der Waals surface area contributed by atoms with Gasteiger partial charge < -0.3 is 9.64 Å². The second kappa shape index (κ2) is 7.91. The number of ether oxygens (including phenoxy) is 1. The Morgan fingerprint density at radius 1 is 1.12 bits per heavy atom. The van der Waals surface area contributed by atoms with Crippen LogP contribution in [0.25, 0.3) is 0 Å². The van der Waals surface area contributed by atoms with Crippen molar-refractivity contribution in [3.8, 4) is 5.75 Å². The molecule has 138 valence electrons. The van der Waals surface area contributed by atoms with Gasteiger partial charge in [0.2, 0.25) is 5.91 Å². The molecule has 1 heterocycles. The third kappa shape index (κ3) is 4.43. The number of carbonyl (C=O) groups excluding carboxylic acids is 1. The second-order valence-corrected chi connectivity index (χ2v) is 8.78. The number of rotatable bonds is 6. The van der Waals surface area contributed by atoms with E-state index in [2.05, 4.69) is 0 Å². The van der Waals surface area contributed by atoms with Crippen molar-refractivity contribution in [3.63, 3.8) is 0 Å². The maximum absolute atomic E-state index is 13.1. The van der Waals surface area contributed by atoms with Crippen molar-refractivity contribution in [2.75, 3.05) is 18.6 Å². The van der Waals surface area contributed by atoms with Crippen LogP contribution in [0.3, 0.4) is 0 Å². The van der Waals surface area contributed by atoms with Crippen LogP contribution in [0, 0.1) is 0 Å². The molecule has 0 spiro atoms. The number of amides is 1. The molecule has 6 heteroatoms. The molecule has 1 atom stereocenters. The summed E-state index contributed by atoms with van der Waals surface area (Å²) in [5.41, 5.74) is 1.80. The van der Waals surface area contributed by atoms with Gasteiger partial charge in [0.05, 0.1) is 25.0 Å². The lowest BCUT2D eigenvalue weighted by atomic mass is 10.1. The predicted molar refractivity (Wildman–Crippen MR) is 101 cm³/mol. The van der Waals surface area contributed by atoms with Crippen molar-refractivity contribution < 1.29 is 17.9 Å². The van der Waals surface area contributed by atoms with E-state index in [1.807, 2.05) is 54.6 Å². The van der Waals surface area contributed by atoms with Crippen molar-refractivity contribution in [2.24, 2.45) is 0 Å². The van der Waals surface area contributed by atoms with Gasteiger partial charge in [-0.1, -0.05) is 48.5 Å². The van der Waals surface area contributed by atoms with E-state index in [4.69, 9.17) is 4.74 Å². The van der Waals surface area contributed by atoms with Crippen LogP contribution < -0.4 is 4.74 Å². The molecule has 0 radical (unpaired) electrons. The van der Waals surface area contributed by atoms with Crippen LogP contribution in [0.2, 0.25) is 0 Å². The van der Waals surface area contributed by atoms with Gasteiger partial charge in [-0.05, 0) is 18.1 Å². The molecule has 0 aliphatic carbocycles. The van der Waals surface area contributed by atoms with E-state index in [1.54, 1.807) is 12.0 Å². The lowest BCUT2D eigenvalue weighted by Crippen LogP contribution is -2.41. The second-order valence-electron chi connectivity index (χ2n) is 6.55. The molecule has 2 aromatic carbocycles. The van der Waals surface area contributed by atoms with Crippen LogP contribution in [0.15, 0.2) is 54.6 Å². The smallest absolute Gasteiger partial charge is 0.227 e. The summed E-state index contributed by atoms with van der Waals surface area (Å²) in [7, 11) is -1.49. The Bertz CT molecular complexity index is 864. The van der Waals surface area contributed by atoms with Gasteiger partial charge >= 0.3 is 0 Å². The first-order valence-electron chi connectivity index (χ1n) is 8.64. The summed E-state index contributed by atoms with van der Waals surface area (Å²) in [5, 5.41) is 0. The molecule has 1 saturated heterocycles. The van der Waals surface area contributed by atoms with Gasteiger partial charge in [-0.3, -0.25) is 4.79 Å². The zero-order chi connectivity index (χ0) is 18.6. The van der Waals surface area contributed by atoms with Gasteiger partial charge in [-0.25, -0.2) is 8.42 Å². The van der Waals surface area contributed by atoms with Gasteiger partial charge in [-0.15, -0.1) is 0 Å². The summed E-state index contributed by atoms with van der Waals surface area (Å²) in [6, 6.07) is 16.8. The summed E-state index contributed by atoms with van der Waals surface area (Å²) in [6.07, 6.45) is 0.681. The molecule has 26 heavy (non-hydrogen) atoms. The van der Waals surface area contributed by atoms with E-state index in [-0.39, 0.29) is 29.9 Å². The standard InChI is InChI=1S/C20H23NO4S/c1-25-19-10-6-5-9-17(19)13-20(22)21(14-16-7-3-2-4-8-16)18-11-12-26(23,24)15-18/h2-10,18H,11-15H2,1H3. The molecule has 2 aromatic rings. The zero-order valence-corrected chi connectivity index (χ0v) is 15.6. The average molecular weight is 373 g/mol. The number of sulfone groups is 1. The molecule has 0 N–H and O–H groups in total. The first kappa shape index (κ1) is 18.5. The molecular weight excluding hydrogens is 350 g/mol. The third-order valence-electron chi connectivity index (χ3n) is 4.70. The van der Waals surface area contributed by atoms with Crippen LogP contribution in [-0.2, 0) is 27.6 Å². The first-order chi connectivity index (χ1) is 12.5. The van der Waals surface area contributed by atoms with Gasteiger partial charge in [-0.2, -0.15) is 0 Å². The Morgan fingerprint density at radius 3 is 2.46 bits per heavy atom. The lowest BCUT2D eigenvalue weighted by Gasteiger charge is -2.29. The van der Waals surface area contributed by atoms with Crippen molar-refractivity contribution in [2.45, 2.75) is 25.4 Å². The Labute approximate surface area is 154 Å². The molecule has 0 aromatic heterocycles. The van der Waals surface area contributed by atoms with Crippen LogP contribution in [-0.4, -0.2) is 43.9 Å². The highest BCUT2D eigenvalue weighted by Gasteiger charge is 2.34. The Hall–Kier alpha value is -2.34. The van der Waals surface area contributed by atoms with E-state index < -0.39 is 9.84 Å². The minimum absolute atomic E-state index is 0.0392. The van der Waals surface area contributed by atoms with Crippen LogP contribution in [0.5, 0.6) is 5.75 Å². The maximum atomic E-state index is 13.1. The van der Waals surface area contributed by atoms with Gasteiger partial charge in [0, 0.05) is 18.2 Å². The Kier molecular flexibility index (Phi) is 5.61. The molecule has 0 bridgehead atoms. The lowest BCUT2D eigenvalue weighted by molar-refractivity contribution is -0.133. The summed E-state index contributed by atoms with van der Waals surface area (Å²) in [4.78, 5) is 14.8. The number of hydrogen-bond donors (Lipinski definition) is 0. The van der Waals surface area contributed by atoms with E-state index >= 15 is 0 Å². The quantitative estimate of drug-likeness (QED) is 0.780. The molecule has 1 unspecified atom stereocenters. The predicted octanol–water partition coefficient (Wildman–Crippen LogP) is 2.45. The van der Waals surface area contributed by atoms with Crippen LogP contribution in [0.1, 0.15) is 17.5 Å². The van der Waals surface area contributed by atoms with Crippen molar-refractivity contribution >= 4 is 15.7 Å². The van der Waals surface area contributed by atoms with Crippen LogP contribution >= 0.6 is 0 Å². The molecule has 1 aliphatic rings. The molecular formula is C20H23NO4S. The summed E-state index contributed by atoms with van der Waals surface area (Å²) in [6.45, 7) is 0.412. The normalized spacial score (nSPS) is 18.4. The number of nitrogens with zero attached hydrogens (tertiary/aromatic N) is 1. The highest BCUT2D eigenvalue weighted by molar-refractivity contribution is 7.91. The summed E-state index contributed by atoms with van der Waals surface area (Å²) in [5.74, 6) is 0.766. The van der Waals surface area contributed by atoms with Crippen LogP contribution in [0.4, 0.5) is 0 Å². The average Bonchev–Trinajstić information content (AvgIpc) is 3.00. The molecule has 5 nitrogen and oxygen atoms in total. The fraction of sp³-hybridized carbons (Fsp3) is 0.350. The molecule has 0 saturated carbocycles. The van der Waals surface area contributed by atoms with Crippen molar-refractivity contribution in [3.05, 3.63) is 65.7 Å². The molecule has 3 rings (SSSR count). The Morgan fingerprint density at radius 2 is 1.81 bits per heavy atom. The minimum atomic E-state index is -3.07. The highest BCUT2D eigenvalue weighted by atomic mass is 32.2. The Balaban J connectivity index is 1.83. The fourth-order valence-corrected chi connectivity index (χ4v) is 5.07. The first-order valence-corrected chi connectivity index (χ1v) is 10.5. The fourth-order valence-electron chi connectivity index (χ4n) is 3.34. The number of benzene rings is 2. The number of hydrogen-bond acceptors (Lipinski definition) is 4. The van der Waals surface area contributed by atoms with E-state index in [9.17, 15) is 13.2 Å². The maximum Gasteiger partial charge on any atom is 0.227 e. The van der Waals surface area contributed by atoms with E-state index in [0.717, 1.165) is 11.1 Å². The number of methoxy groups -OCH3 is 1. The summed E-state index contributed by atoms with van der Waals surface area (Å²) >= 11 is 0. The number of para-hydroxylation sites is 1. The number of carbonyl (C=O) groups is 1. The van der Waals surface area contributed by atoms with Crippen molar-refractivity contribution in [1.82, 2.24) is 4.90 Å². The SMILES string of the molecule is COc1ccccc1CC(=O)N(Cc1ccccc1)C1CCS(=O)(=O)C1. The monoisotopic (exact) mass is 373 g/mol. The van der Waals surface area contributed by atoms with Gasteiger partial charge in [0.25, 0.3) is 0 Å². The summed E-state index contributed by atoms with van der Waals surface area (Å²) < 4.78 is 29.2. The van der Waals surface area contributed by atoms with Gasteiger partial charge in [0.1, 0.15) is 5.75 Å². The van der Waals surface area contributed by atoms with E-state index in [1.165, 1.54) is 0 Å². The van der Waals surface area contributed by atoms with Crippen molar-refractivity contribution in [1.29, 1.82) is 0 Å². The zero-order valence-electron chi connectivity index (χ0n) is 14.8. The van der Waals surface area contributed by atoms with E-state index in [0.29, 0.717) is 18.7 Å². The molecule has 1 amide bonds. The molecule has 1 fully saturated rings. The minimum Gasteiger partial charge on any atom is -0.496 e. The third-order valence-corrected chi connectivity index (χ3v) is 6.45. The van der Waals surface area contributed by atoms with Gasteiger partial charge in [0.15, 0.2) is 9.84 Å². The molecule has 1 aliphatic heterocycles. The largest absolute Gasteiger partial charge is 0.496 e.